The van der Waals surface area contributed by atoms with Gasteiger partial charge in [-0.3, -0.25) is 14.5 Å². The molecule has 1 amide bonds. The molecule has 2 aromatic carbocycles. The Hall–Kier alpha value is -2.67. The minimum absolute atomic E-state index is 0.181. The lowest BCUT2D eigenvalue weighted by Crippen LogP contribution is -2.33. The Morgan fingerprint density at radius 3 is 2.54 bits per heavy atom. The molecule has 2 aromatic rings. The van der Waals surface area contributed by atoms with Crippen molar-refractivity contribution in [3.63, 3.8) is 0 Å². The molecule has 6 nitrogen and oxygen atoms in total. The lowest BCUT2D eigenvalue weighted by atomic mass is 10.2. The molecule has 124 valence electrons. The Morgan fingerprint density at radius 2 is 1.79 bits per heavy atom. The summed E-state index contributed by atoms with van der Waals surface area (Å²) in [5, 5.41) is 2.79. The van der Waals surface area contributed by atoms with Gasteiger partial charge in [0, 0.05) is 12.1 Å². The number of nitrogens with zero attached hydrogens (tertiary/aromatic N) is 1. The van der Waals surface area contributed by atoms with Crippen LogP contribution in [0, 0.1) is 0 Å². The second-order valence-corrected chi connectivity index (χ2v) is 7.11. The molecular weight excluding hydrogens is 326 g/mol. The Bertz CT molecular complexity index is 892. The van der Waals surface area contributed by atoms with Crippen molar-refractivity contribution in [2.45, 2.75) is 24.4 Å². The number of amidine groups is 1. The summed E-state index contributed by atoms with van der Waals surface area (Å²) in [6.07, 6.45) is 0. The van der Waals surface area contributed by atoms with Gasteiger partial charge in [0.1, 0.15) is 11.9 Å². The van der Waals surface area contributed by atoms with E-state index in [1.54, 1.807) is 25.1 Å². The molecule has 1 unspecified atom stereocenters. The van der Waals surface area contributed by atoms with Gasteiger partial charge < -0.3 is 5.32 Å². The first kappa shape index (κ1) is 16.2. The van der Waals surface area contributed by atoms with Crippen LogP contribution in [-0.4, -0.2) is 26.2 Å². The number of carbonyl (C=O) groups excluding carboxylic acids is 1. The van der Waals surface area contributed by atoms with E-state index in [0.717, 1.165) is 5.56 Å². The molecule has 0 spiro atoms. The second-order valence-electron chi connectivity index (χ2n) is 5.46. The van der Waals surface area contributed by atoms with E-state index < -0.39 is 16.1 Å². The van der Waals surface area contributed by atoms with Crippen LogP contribution in [0.1, 0.15) is 18.1 Å². The number of rotatable bonds is 4. The molecule has 1 atom stereocenters. The maximum atomic E-state index is 12.2. The zero-order valence-electron chi connectivity index (χ0n) is 13.1. The number of hydrogen-bond donors (Lipinski definition) is 2. The number of sulfonamides is 1. The van der Waals surface area contributed by atoms with Crippen molar-refractivity contribution < 1.29 is 13.2 Å². The average Bonchev–Trinajstić information content (AvgIpc) is 2.84. The fourth-order valence-electron chi connectivity index (χ4n) is 2.41. The number of aliphatic imine (C=N–C) groups is 1. The topological polar surface area (TPSA) is 87.6 Å². The predicted molar refractivity (Wildman–Crippen MR) is 91.1 cm³/mol. The highest BCUT2D eigenvalue weighted by molar-refractivity contribution is 7.90. The molecule has 0 radical (unpaired) electrons. The molecule has 1 heterocycles. The fraction of sp³-hybridized carbons (Fsp3) is 0.176. The van der Waals surface area contributed by atoms with E-state index in [-0.39, 0.29) is 16.6 Å². The first-order valence-electron chi connectivity index (χ1n) is 7.49. The summed E-state index contributed by atoms with van der Waals surface area (Å²) >= 11 is 0. The van der Waals surface area contributed by atoms with Gasteiger partial charge in [0.25, 0.3) is 10.0 Å². The van der Waals surface area contributed by atoms with Crippen LogP contribution in [0.15, 0.2) is 64.5 Å². The van der Waals surface area contributed by atoms with Crippen molar-refractivity contribution in [1.29, 1.82) is 0 Å². The molecule has 0 saturated carbocycles. The van der Waals surface area contributed by atoms with Crippen molar-refractivity contribution in [3.8, 4) is 0 Å². The number of nitrogens with one attached hydrogen (secondary N) is 2. The molecule has 3 rings (SSSR count). The summed E-state index contributed by atoms with van der Waals surface area (Å²) in [6.45, 7) is 2.03. The van der Waals surface area contributed by atoms with Crippen molar-refractivity contribution in [2.75, 3.05) is 0 Å². The Labute approximate surface area is 140 Å². The zero-order chi connectivity index (χ0) is 17.2. The van der Waals surface area contributed by atoms with Gasteiger partial charge in [-0.05, 0) is 24.6 Å². The maximum absolute atomic E-state index is 12.2. The molecule has 0 fully saturated rings. The number of amides is 1. The highest BCUT2D eigenvalue weighted by Crippen LogP contribution is 2.22. The van der Waals surface area contributed by atoms with Gasteiger partial charge in [-0.25, -0.2) is 8.42 Å². The van der Waals surface area contributed by atoms with Crippen LogP contribution in [-0.2, 0) is 21.4 Å². The van der Waals surface area contributed by atoms with Gasteiger partial charge in [0.2, 0.25) is 5.91 Å². The highest BCUT2D eigenvalue weighted by Gasteiger charge is 2.31. The van der Waals surface area contributed by atoms with Crippen LogP contribution in [0.2, 0.25) is 0 Å². The van der Waals surface area contributed by atoms with Crippen molar-refractivity contribution in [1.82, 2.24) is 10.0 Å². The molecule has 7 heteroatoms. The number of fused-ring (bicyclic) bond motifs is 1. The van der Waals surface area contributed by atoms with Gasteiger partial charge in [-0.1, -0.05) is 42.5 Å². The second kappa shape index (κ2) is 6.45. The smallest absolute Gasteiger partial charge is 0.263 e. The van der Waals surface area contributed by atoms with E-state index >= 15 is 0 Å². The molecule has 1 aliphatic rings. The number of carbonyl (C=O) groups is 1. The van der Waals surface area contributed by atoms with E-state index in [1.807, 2.05) is 30.3 Å². The lowest BCUT2D eigenvalue weighted by molar-refractivity contribution is -0.122. The summed E-state index contributed by atoms with van der Waals surface area (Å²) in [5.74, 6) is -0.0668. The van der Waals surface area contributed by atoms with Gasteiger partial charge in [-0.15, -0.1) is 0 Å². The van der Waals surface area contributed by atoms with Crippen LogP contribution in [0.4, 0.5) is 0 Å². The van der Waals surface area contributed by atoms with Crippen molar-refractivity contribution >= 4 is 21.8 Å². The number of hydrogen-bond acceptors (Lipinski definition) is 4. The van der Waals surface area contributed by atoms with E-state index in [9.17, 15) is 13.2 Å². The largest absolute Gasteiger partial charge is 0.350 e. The summed E-state index contributed by atoms with van der Waals surface area (Å²) in [6, 6.07) is 15.4. The minimum atomic E-state index is -3.59. The third-order valence-electron chi connectivity index (χ3n) is 3.67. The van der Waals surface area contributed by atoms with Gasteiger partial charge in [-0.2, -0.15) is 0 Å². The standard InChI is InChI=1S/C17H17N3O3S/c1-12(17(21)18-11-13-7-3-2-4-8-13)19-16-14-9-5-6-10-15(14)24(22,23)20-16/h2-10,12H,11H2,1H3,(H,18,21)(H,19,20). The van der Waals surface area contributed by atoms with Gasteiger partial charge in [0.15, 0.2) is 0 Å². The Morgan fingerprint density at radius 1 is 1.12 bits per heavy atom. The van der Waals surface area contributed by atoms with Gasteiger partial charge in [0.05, 0.1) is 4.90 Å². The molecule has 0 aromatic heterocycles. The van der Waals surface area contributed by atoms with Crippen LogP contribution in [0.25, 0.3) is 0 Å². The van der Waals surface area contributed by atoms with E-state index in [0.29, 0.717) is 12.1 Å². The van der Waals surface area contributed by atoms with Crippen LogP contribution in [0.5, 0.6) is 0 Å². The SMILES string of the molecule is CC(N=C1NS(=O)(=O)c2ccccc21)C(=O)NCc1ccccc1. The third-order valence-corrected chi connectivity index (χ3v) is 5.07. The summed E-state index contributed by atoms with van der Waals surface area (Å²) in [5.41, 5.74) is 1.47. The average molecular weight is 343 g/mol. The maximum Gasteiger partial charge on any atom is 0.263 e. The van der Waals surface area contributed by atoms with E-state index in [4.69, 9.17) is 0 Å². The quantitative estimate of drug-likeness (QED) is 0.880. The van der Waals surface area contributed by atoms with Gasteiger partial charge >= 0.3 is 0 Å². The van der Waals surface area contributed by atoms with Crippen LogP contribution < -0.4 is 10.0 Å². The third kappa shape index (κ3) is 3.30. The summed E-state index contributed by atoms with van der Waals surface area (Å²) < 4.78 is 26.5. The molecule has 2 N–H and O–H groups in total. The van der Waals surface area contributed by atoms with Crippen molar-refractivity contribution in [2.24, 2.45) is 4.99 Å². The zero-order valence-corrected chi connectivity index (χ0v) is 13.9. The van der Waals surface area contributed by atoms with Crippen molar-refractivity contribution in [3.05, 3.63) is 65.7 Å². The Balaban J connectivity index is 1.73. The molecule has 0 bridgehead atoms. The number of benzene rings is 2. The molecule has 24 heavy (non-hydrogen) atoms. The lowest BCUT2D eigenvalue weighted by Gasteiger charge is -2.09. The predicted octanol–water partition coefficient (Wildman–Crippen LogP) is 1.43. The molecular formula is C17H17N3O3S. The normalized spacial score (nSPS) is 17.8. The van der Waals surface area contributed by atoms with Crippen LogP contribution >= 0.6 is 0 Å². The monoisotopic (exact) mass is 343 g/mol. The van der Waals surface area contributed by atoms with Crippen LogP contribution in [0.3, 0.4) is 0 Å². The first-order valence-corrected chi connectivity index (χ1v) is 8.97. The molecule has 0 saturated heterocycles. The summed E-state index contributed by atoms with van der Waals surface area (Å²) in [7, 11) is -3.59. The fourth-order valence-corrected chi connectivity index (χ4v) is 3.65. The molecule has 0 aliphatic carbocycles. The molecule has 1 aliphatic heterocycles. The first-order chi connectivity index (χ1) is 11.5. The van der Waals surface area contributed by atoms with E-state index in [2.05, 4.69) is 15.0 Å². The Kier molecular flexibility index (Phi) is 4.35. The summed E-state index contributed by atoms with van der Waals surface area (Å²) in [4.78, 5) is 16.6. The highest BCUT2D eigenvalue weighted by atomic mass is 32.2. The minimum Gasteiger partial charge on any atom is -0.350 e. The van der Waals surface area contributed by atoms with E-state index in [1.165, 1.54) is 6.07 Å².